The molecular weight excluding hydrogens is 287 g/mol. The van der Waals surface area contributed by atoms with Crippen LogP contribution in [0.1, 0.15) is 30.3 Å². The van der Waals surface area contributed by atoms with E-state index in [1.807, 2.05) is 6.92 Å². The van der Waals surface area contributed by atoms with Gasteiger partial charge in [-0.05, 0) is 43.3 Å². The highest BCUT2D eigenvalue weighted by Gasteiger charge is 2.32. The molecule has 0 saturated heterocycles. The summed E-state index contributed by atoms with van der Waals surface area (Å²) in [4.78, 5) is 0. The van der Waals surface area contributed by atoms with E-state index < -0.39 is 11.7 Å². The SMILES string of the molecule is CCCc1n[nH]c(=S)n1-c1ccc(C)c(C(F)(F)F)c1. The van der Waals surface area contributed by atoms with Gasteiger partial charge >= 0.3 is 6.18 Å². The van der Waals surface area contributed by atoms with E-state index in [9.17, 15) is 13.2 Å². The number of aromatic amines is 1. The van der Waals surface area contributed by atoms with Crippen molar-refractivity contribution in [2.75, 3.05) is 0 Å². The topological polar surface area (TPSA) is 33.6 Å². The predicted molar refractivity (Wildman–Crippen MR) is 72.5 cm³/mol. The molecule has 0 unspecified atom stereocenters. The minimum absolute atomic E-state index is 0.188. The number of nitrogens with one attached hydrogen (secondary N) is 1. The molecule has 108 valence electrons. The molecule has 0 aliphatic heterocycles. The largest absolute Gasteiger partial charge is 0.416 e. The van der Waals surface area contributed by atoms with Crippen LogP contribution in [0.5, 0.6) is 0 Å². The molecule has 0 aliphatic carbocycles. The van der Waals surface area contributed by atoms with Crippen LogP contribution >= 0.6 is 12.2 Å². The number of halogens is 3. The smallest absolute Gasteiger partial charge is 0.272 e. The highest BCUT2D eigenvalue weighted by atomic mass is 32.1. The monoisotopic (exact) mass is 301 g/mol. The van der Waals surface area contributed by atoms with Gasteiger partial charge in [-0.25, -0.2) is 0 Å². The molecule has 0 aliphatic rings. The van der Waals surface area contributed by atoms with Gasteiger partial charge in [-0.2, -0.15) is 18.3 Å². The van der Waals surface area contributed by atoms with Crippen LogP contribution < -0.4 is 0 Å². The van der Waals surface area contributed by atoms with E-state index in [2.05, 4.69) is 10.2 Å². The van der Waals surface area contributed by atoms with E-state index >= 15 is 0 Å². The summed E-state index contributed by atoms with van der Waals surface area (Å²) in [5.41, 5.74) is -0.0843. The van der Waals surface area contributed by atoms with Crippen LogP contribution in [0.3, 0.4) is 0 Å². The van der Waals surface area contributed by atoms with Crippen LogP contribution in [0.25, 0.3) is 5.69 Å². The number of alkyl halides is 3. The Kier molecular flexibility index (Phi) is 3.99. The van der Waals surface area contributed by atoms with Crippen molar-refractivity contribution in [1.29, 1.82) is 0 Å². The van der Waals surface area contributed by atoms with E-state index in [-0.39, 0.29) is 5.56 Å². The zero-order valence-electron chi connectivity index (χ0n) is 11.1. The first-order valence-corrected chi connectivity index (χ1v) is 6.60. The zero-order chi connectivity index (χ0) is 14.9. The first kappa shape index (κ1) is 14.8. The van der Waals surface area contributed by atoms with Gasteiger partial charge in [-0.15, -0.1) is 0 Å². The molecule has 2 rings (SSSR count). The molecular formula is C13H14F3N3S. The molecule has 20 heavy (non-hydrogen) atoms. The summed E-state index contributed by atoms with van der Waals surface area (Å²) in [6.07, 6.45) is -2.91. The maximum atomic E-state index is 13.0. The Morgan fingerprint density at radius 2 is 2.05 bits per heavy atom. The zero-order valence-corrected chi connectivity index (χ0v) is 11.9. The maximum Gasteiger partial charge on any atom is 0.416 e. The number of H-pyrrole nitrogens is 1. The first-order valence-electron chi connectivity index (χ1n) is 6.19. The highest BCUT2D eigenvalue weighted by Crippen LogP contribution is 2.33. The number of benzene rings is 1. The fourth-order valence-corrected chi connectivity index (χ4v) is 2.30. The second-order valence-corrected chi connectivity index (χ2v) is 4.91. The summed E-state index contributed by atoms with van der Waals surface area (Å²) in [6.45, 7) is 3.41. The molecule has 7 heteroatoms. The average Bonchev–Trinajstić information content (AvgIpc) is 2.71. The summed E-state index contributed by atoms with van der Waals surface area (Å²) in [6, 6.07) is 4.18. The van der Waals surface area contributed by atoms with Crippen molar-refractivity contribution in [3.63, 3.8) is 0 Å². The molecule has 0 bridgehead atoms. The number of hydrogen-bond donors (Lipinski definition) is 1. The van der Waals surface area contributed by atoms with Gasteiger partial charge in [0, 0.05) is 6.42 Å². The molecule has 0 spiro atoms. The molecule has 1 aromatic heterocycles. The highest BCUT2D eigenvalue weighted by molar-refractivity contribution is 7.71. The van der Waals surface area contributed by atoms with Gasteiger partial charge in [-0.3, -0.25) is 9.67 Å². The van der Waals surface area contributed by atoms with Crippen molar-refractivity contribution in [3.05, 3.63) is 39.9 Å². The van der Waals surface area contributed by atoms with Crippen LogP contribution in [0.4, 0.5) is 13.2 Å². The molecule has 1 heterocycles. The van der Waals surface area contributed by atoms with Crippen molar-refractivity contribution in [2.45, 2.75) is 32.9 Å². The number of nitrogens with zero attached hydrogens (tertiary/aromatic N) is 2. The van der Waals surface area contributed by atoms with E-state index in [0.717, 1.165) is 12.5 Å². The van der Waals surface area contributed by atoms with Crippen LogP contribution in [0.2, 0.25) is 0 Å². The Bertz CT molecular complexity index is 670. The second kappa shape index (κ2) is 5.40. The molecule has 1 N–H and O–H groups in total. The quantitative estimate of drug-likeness (QED) is 0.862. The third kappa shape index (κ3) is 2.77. The number of aromatic nitrogens is 3. The van der Waals surface area contributed by atoms with Gasteiger partial charge in [0.25, 0.3) is 0 Å². The minimum Gasteiger partial charge on any atom is -0.272 e. The van der Waals surface area contributed by atoms with Gasteiger partial charge in [0.1, 0.15) is 5.82 Å². The van der Waals surface area contributed by atoms with Crippen LogP contribution in [0.15, 0.2) is 18.2 Å². The van der Waals surface area contributed by atoms with Gasteiger partial charge in [0.2, 0.25) is 0 Å². The number of rotatable bonds is 3. The van der Waals surface area contributed by atoms with Gasteiger partial charge in [-0.1, -0.05) is 13.0 Å². The van der Waals surface area contributed by atoms with Crippen molar-refractivity contribution in [3.8, 4) is 5.69 Å². The number of hydrogen-bond acceptors (Lipinski definition) is 2. The molecule has 0 amide bonds. The van der Waals surface area contributed by atoms with Crippen molar-refractivity contribution in [2.24, 2.45) is 0 Å². The van der Waals surface area contributed by atoms with Crippen LogP contribution in [-0.4, -0.2) is 14.8 Å². The van der Waals surface area contributed by atoms with Gasteiger partial charge in [0.15, 0.2) is 4.77 Å². The van der Waals surface area contributed by atoms with Crippen LogP contribution in [0, 0.1) is 11.7 Å². The summed E-state index contributed by atoms with van der Waals surface area (Å²) >= 11 is 5.10. The standard InChI is InChI=1S/C13H14F3N3S/c1-3-4-11-17-18-12(20)19(11)9-6-5-8(2)10(7-9)13(14,15)16/h5-7H,3-4H2,1-2H3,(H,18,20). The summed E-state index contributed by atoms with van der Waals surface area (Å²) < 4.78 is 40.7. The Hall–Kier alpha value is -1.63. The Labute approximate surface area is 119 Å². The maximum absolute atomic E-state index is 13.0. The van der Waals surface area contributed by atoms with Crippen molar-refractivity contribution < 1.29 is 13.2 Å². The molecule has 0 radical (unpaired) electrons. The lowest BCUT2D eigenvalue weighted by Gasteiger charge is -2.13. The van der Waals surface area contributed by atoms with E-state index in [1.165, 1.54) is 13.0 Å². The van der Waals surface area contributed by atoms with Crippen molar-refractivity contribution in [1.82, 2.24) is 14.8 Å². The van der Waals surface area contributed by atoms with Gasteiger partial charge in [0.05, 0.1) is 11.3 Å². The van der Waals surface area contributed by atoms with Crippen molar-refractivity contribution >= 4 is 12.2 Å². The molecule has 3 nitrogen and oxygen atoms in total. The van der Waals surface area contributed by atoms with E-state index in [4.69, 9.17) is 12.2 Å². The van der Waals surface area contributed by atoms with Gasteiger partial charge < -0.3 is 0 Å². The molecule has 0 saturated carbocycles. The minimum atomic E-state index is -4.38. The molecule has 2 aromatic rings. The second-order valence-electron chi connectivity index (χ2n) is 4.53. The summed E-state index contributed by atoms with van der Waals surface area (Å²) in [5, 5.41) is 6.69. The lowest BCUT2D eigenvalue weighted by Crippen LogP contribution is -2.10. The average molecular weight is 301 g/mol. The van der Waals surface area contributed by atoms with Crippen LogP contribution in [-0.2, 0) is 12.6 Å². The Morgan fingerprint density at radius 3 is 2.65 bits per heavy atom. The Morgan fingerprint density at radius 1 is 1.35 bits per heavy atom. The third-order valence-electron chi connectivity index (χ3n) is 3.00. The molecule has 0 fully saturated rings. The fraction of sp³-hybridized carbons (Fsp3) is 0.385. The number of aryl methyl sites for hydroxylation is 2. The normalized spacial score (nSPS) is 11.8. The molecule has 0 atom stereocenters. The fourth-order valence-electron chi connectivity index (χ4n) is 2.04. The Balaban J connectivity index is 2.60. The summed E-state index contributed by atoms with van der Waals surface area (Å²) in [7, 11) is 0. The lowest BCUT2D eigenvalue weighted by atomic mass is 10.1. The molecule has 1 aromatic carbocycles. The third-order valence-corrected chi connectivity index (χ3v) is 3.27. The lowest BCUT2D eigenvalue weighted by molar-refractivity contribution is -0.138. The van der Waals surface area contributed by atoms with E-state index in [0.29, 0.717) is 22.7 Å². The first-order chi connectivity index (χ1) is 9.34. The predicted octanol–water partition coefficient (Wildman–Crippen LogP) is 4.21. The van der Waals surface area contributed by atoms with E-state index in [1.54, 1.807) is 10.6 Å². The summed E-state index contributed by atoms with van der Waals surface area (Å²) in [5.74, 6) is 0.634.